The highest BCUT2D eigenvalue weighted by molar-refractivity contribution is 6.09. The molecule has 2 aromatic heterocycles. The fourth-order valence-corrected chi connectivity index (χ4v) is 5.55. The van der Waals surface area contributed by atoms with Gasteiger partial charge in [-0.2, -0.15) is 0 Å². The van der Waals surface area contributed by atoms with Gasteiger partial charge >= 0.3 is 0 Å². The molecule has 0 atom stereocenters. The van der Waals surface area contributed by atoms with Crippen LogP contribution in [-0.2, 0) is 13.5 Å². The van der Waals surface area contributed by atoms with Gasteiger partial charge in [-0.1, -0.05) is 95.4 Å². The zero-order chi connectivity index (χ0) is 27.9. The molecule has 6 aromatic carbocycles. The summed E-state index contributed by atoms with van der Waals surface area (Å²) < 4.78 is 16.6. The van der Waals surface area contributed by atoms with Crippen LogP contribution in [0.25, 0.3) is 54.7 Å². The van der Waals surface area contributed by atoms with Crippen molar-refractivity contribution in [2.75, 3.05) is 0 Å². The van der Waals surface area contributed by atoms with Gasteiger partial charge in [0.05, 0.1) is 11.0 Å². The monoisotopic (exact) mass is 548 g/mol. The van der Waals surface area contributed by atoms with E-state index in [9.17, 15) is 0 Å². The Morgan fingerprint density at radius 1 is 0.452 bits per heavy atom. The second-order valence-electron chi connectivity index (χ2n) is 10.0. The quantitative estimate of drug-likeness (QED) is 0.209. The Bertz CT molecular complexity index is 2080. The zero-order valence-electron chi connectivity index (χ0n) is 22.5. The number of benzene rings is 6. The van der Waals surface area contributed by atoms with Crippen molar-refractivity contribution in [1.29, 1.82) is 0 Å². The summed E-state index contributed by atoms with van der Waals surface area (Å²) in [5.41, 5.74) is 5.37. The summed E-state index contributed by atoms with van der Waals surface area (Å²) in [6.07, 6.45) is 0. The molecule has 0 spiro atoms. The van der Waals surface area contributed by atoms with E-state index in [-0.39, 0.29) is 13.5 Å². The molecule has 0 saturated heterocycles. The van der Waals surface area contributed by atoms with Crippen LogP contribution < -0.4 is 9.47 Å². The normalized spacial score (nSPS) is 11.5. The van der Waals surface area contributed by atoms with Crippen molar-refractivity contribution in [3.8, 4) is 22.6 Å². The Morgan fingerprint density at radius 2 is 0.881 bits per heavy atom. The predicted octanol–water partition coefficient (Wildman–Crippen LogP) is 7.22. The van der Waals surface area contributed by atoms with Gasteiger partial charge in [0.25, 0.3) is 0 Å². The Balaban J connectivity index is 1.27. The van der Waals surface area contributed by atoms with E-state index in [0.29, 0.717) is 0 Å². The first-order valence-corrected chi connectivity index (χ1v) is 13.7. The van der Waals surface area contributed by atoms with Gasteiger partial charge in [0.2, 0.25) is 0 Å². The van der Waals surface area contributed by atoms with E-state index in [1.54, 1.807) is 9.36 Å². The highest BCUT2D eigenvalue weighted by atomic mass is 16.5. The minimum absolute atomic E-state index is 0.206. The molecular weight excluding hydrogens is 524 g/mol. The topological polar surface area (TPSA) is 79.9 Å². The molecule has 0 fully saturated rings. The molecule has 0 aliphatic heterocycles. The highest BCUT2D eigenvalue weighted by Gasteiger charge is 2.20. The van der Waals surface area contributed by atoms with Crippen LogP contribution in [0.1, 0.15) is 0 Å². The molecule has 8 rings (SSSR count). The number of hydrogen-bond donors (Lipinski definition) is 0. The van der Waals surface area contributed by atoms with Crippen LogP contribution in [0.15, 0.2) is 121 Å². The lowest BCUT2D eigenvalue weighted by Crippen LogP contribution is -2.09. The minimum Gasteiger partial charge on any atom is -0.470 e. The number of fused-ring (bicyclic) bond motifs is 4. The summed E-state index contributed by atoms with van der Waals surface area (Å²) in [5.74, 6) is 1.45. The van der Waals surface area contributed by atoms with Crippen LogP contribution in [0.2, 0.25) is 0 Å². The predicted molar refractivity (Wildman–Crippen MR) is 163 cm³/mol. The van der Waals surface area contributed by atoms with Gasteiger partial charge in [-0.3, -0.25) is 0 Å². The van der Waals surface area contributed by atoms with Crippen LogP contribution >= 0.6 is 0 Å². The Kier molecular flexibility index (Phi) is 5.74. The SMILES string of the molecule is c1ccc2c(-c3c(OCn4nnc5ccccc54)ccc4ccccc34)c(OCn3nnc4ccccc43)ccc2c1. The van der Waals surface area contributed by atoms with Crippen LogP contribution in [-0.4, -0.2) is 30.0 Å². The van der Waals surface area contributed by atoms with Gasteiger partial charge in [0.15, 0.2) is 13.5 Å². The second-order valence-corrected chi connectivity index (χ2v) is 10.0. The van der Waals surface area contributed by atoms with E-state index in [2.05, 4.69) is 57.0 Å². The average Bonchev–Trinajstić information content (AvgIpc) is 3.66. The van der Waals surface area contributed by atoms with Crippen LogP contribution in [0.3, 0.4) is 0 Å². The number of ether oxygens (including phenoxy) is 2. The van der Waals surface area contributed by atoms with E-state index in [0.717, 1.165) is 66.2 Å². The van der Waals surface area contributed by atoms with E-state index in [4.69, 9.17) is 9.47 Å². The zero-order valence-corrected chi connectivity index (χ0v) is 22.5. The third-order valence-corrected chi connectivity index (χ3v) is 7.56. The van der Waals surface area contributed by atoms with Crippen LogP contribution in [0, 0.1) is 0 Å². The molecule has 0 aliphatic rings. The standard InChI is InChI=1S/C34H24N6O2/c1-3-11-25-23(9-1)17-19-31(41-21-39-29-15-7-5-13-27(29)35-37-39)33(25)34-26-12-4-2-10-24(26)18-20-32(34)42-22-40-30-16-8-6-14-28(30)36-38-40/h1-20H,21-22H2. The highest BCUT2D eigenvalue weighted by Crippen LogP contribution is 2.45. The van der Waals surface area contributed by atoms with Crippen LogP contribution in [0.4, 0.5) is 0 Å². The lowest BCUT2D eigenvalue weighted by molar-refractivity contribution is 0.221. The third kappa shape index (κ3) is 4.08. The first kappa shape index (κ1) is 24.1. The largest absolute Gasteiger partial charge is 0.470 e. The van der Waals surface area contributed by atoms with Gasteiger partial charge < -0.3 is 9.47 Å². The van der Waals surface area contributed by atoms with Crippen molar-refractivity contribution in [3.05, 3.63) is 121 Å². The first-order valence-electron chi connectivity index (χ1n) is 13.7. The number of rotatable bonds is 7. The number of hydrogen-bond acceptors (Lipinski definition) is 6. The van der Waals surface area contributed by atoms with Gasteiger partial charge in [0, 0.05) is 11.1 Å². The molecule has 0 aliphatic carbocycles. The maximum absolute atomic E-state index is 6.54. The lowest BCUT2D eigenvalue weighted by Gasteiger charge is -2.20. The number of nitrogens with zero attached hydrogens (tertiary/aromatic N) is 6. The average molecular weight is 549 g/mol. The van der Waals surface area contributed by atoms with Crippen LogP contribution in [0.5, 0.6) is 11.5 Å². The minimum atomic E-state index is 0.206. The van der Waals surface area contributed by atoms with Gasteiger partial charge in [-0.05, 0) is 57.9 Å². The molecule has 202 valence electrons. The second kappa shape index (κ2) is 10.0. The van der Waals surface area contributed by atoms with E-state index in [1.807, 2.05) is 84.9 Å². The van der Waals surface area contributed by atoms with Crippen molar-refractivity contribution >= 4 is 43.6 Å². The lowest BCUT2D eigenvalue weighted by atomic mass is 9.92. The Labute approximate surface area is 240 Å². The molecule has 8 heteroatoms. The van der Waals surface area contributed by atoms with E-state index >= 15 is 0 Å². The van der Waals surface area contributed by atoms with E-state index < -0.39 is 0 Å². The number of aromatic nitrogens is 6. The van der Waals surface area contributed by atoms with Crippen molar-refractivity contribution in [2.45, 2.75) is 13.5 Å². The van der Waals surface area contributed by atoms with E-state index in [1.165, 1.54) is 0 Å². The summed E-state index contributed by atoms with van der Waals surface area (Å²) in [5, 5.41) is 21.6. The molecule has 42 heavy (non-hydrogen) atoms. The Hall–Kier alpha value is -5.76. The summed E-state index contributed by atoms with van der Waals surface area (Å²) in [6, 6.07) is 40.6. The molecular formula is C34H24N6O2. The molecule has 8 aromatic rings. The molecule has 0 amide bonds. The summed E-state index contributed by atoms with van der Waals surface area (Å²) >= 11 is 0. The maximum atomic E-state index is 6.54. The molecule has 8 nitrogen and oxygen atoms in total. The molecule has 0 radical (unpaired) electrons. The summed E-state index contributed by atoms with van der Waals surface area (Å²) in [7, 11) is 0. The Morgan fingerprint density at radius 3 is 1.38 bits per heavy atom. The van der Waals surface area contributed by atoms with Gasteiger partial charge in [-0.15, -0.1) is 10.2 Å². The molecule has 0 saturated carbocycles. The first-order chi connectivity index (χ1) is 20.8. The van der Waals surface area contributed by atoms with Crippen molar-refractivity contribution in [1.82, 2.24) is 30.0 Å². The van der Waals surface area contributed by atoms with Crippen molar-refractivity contribution < 1.29 is 9.47 Å². The molecule has 0 bridgehead atoms. The fraction of sp³-hybridized carbons (Fsp3) is 0.0588. The molecule has 0 N–H and O–H groups in total. The molecule has 2 heterocycles. The summed E-state index contributed by atoms with van der Waals surface area (Å²) in [6.45, 7) is 0.412. The number of para-hydroxylation sites is 2. The van der Waals surface area contributed by atoms with Crippen molar-refractivity contribution in [2.24, 2.45) is 0 Å². The fourth-order valence-electron chi connectivity index (χ4n) is 5.55. The van der Waals surface area contributed by atoms with Gasteiger partial charge in [-0.25, -0.2) is 9.36 Å². The smallest absolute Gasteiger partial charge is 0.183 e. The van der Waals surface area contributed by atoms with Gasteiger partial charge in [0.1, 0.15) is 22.5 Å². The molecule has 0 unspecified atom stereocenters. The van der Waals surface area contributed by atoms with Crippen molar-refractivity contribution in [3.63, 3.8) is 0 Å². The maximum Gasteiger partial charge on any atom is 0.183 e. The summed E-state index contributed by atoms with van der Waals surface area (Å²) in [4.78, 5) is 0. The third-order valence-electron chi connectivity index (χ3n) is 7.56.